The lowest BCUT2D eigenvalue weighted by molar-refractivity contribution is 1.26. The minimum atomic E-state index is 0.400. The summed E-state index contributed by atoms with van der Waals surface area (Å²) in [6, 6.07) is 11.2. The predicted molar refractivity (Wildman–Crippen MR) is 68.4 cm³/mol. The van der Waals surface area contributed by atoms with Gasteiger partial charge in [-0.15, -0.1) is 0 Å². The lowest BCUT2D eigenvalue weighted by atomic mass is 10.2. The first-order valence-electron chi connectivity index (χ1n) is 5.08. The number of hydrogen-bond acceptors (Lipinski definition) is 3. The van der Waals surface area contributed by atoms with Gasteiger partial charge in [0.1, 0.15) is 11.8 Å². The maximum absolute atomic E-state index is 8.63. The molecular weight excluding hydrogens is 234 g/mol. The van der Waals surface area contributed by atoms with Crippen LogP contribution in [0.2, 0.25) is 5.02 Å². The molecule has 2 aromatic rings. The summed E-state index contributed by atoms with van der Waals surface area (Å²) in [6.07, 6.45) is 1.62. The first-order valence-corrected chi connectivity index (χ1v) is 5.46. The standard InChI is InChI=1S/C13H10ClN3/c1-9-2-3-10(6-13(9)14)17-12-5-4-11(7-15)16-8-12/h2-6,8,17H,1H3. The van der Waals surface area contributed by atoms with E-state index in [1.165, 1.54) is 0 Å². The van der Waals surface area contributed by atoms with Crippen LogP contribution >= 0.6 is 11.6 Å². The molecule has 1 heterocycles. The highest BCUT2D eigenvalue weighted by molar-refractivity contribution is 6.31. The van der Waals surface area contributed by atoms with Gasteiger partial charge in [-0.2, -0.15) is 5.26 Å². The third-order valence-corrected chi connectivity index (χ3v) is 2.75. The minimum Gasteiger partial charge on any atom is -0.354 e. The number of halogens is 1. The van der Waals surface area contributed by atoms with Crippen molar-refractivity contribution in [2.75, 3.05) is 5.32 Å². The maximum atomic E-state index is 8.63. The maximum Gasteiger partial charge on any atom is 0.140 e. The molecule has 0 amide bonds. The van der Waals surface area contributed by atoms with Crippen molar-refractivity contribution in [3.8, 4) is 6.07 Å². The monoisotopic (exact) mass is 243 g/mol. The van der Waals surface area contributed by atoms with Crippen LogP contribution in [0.25, 0.3) is 0 Å². The van der Waals surface area contributed by atoms with Crippen LogP contribution in [0.3, 0.4) is 0 Å². The van der Waals surface area contributed by atoms with Gasteiger partial charge in [-0.05, 0) is 36.8 Å². The Morgan fingerprint density at radius 1 is 1.24 bits per heavy atom. The quantitative estimate of drug-likeness (QED) is 0.876. The van der Waals surface area contributed by atoms with Gasteiger partial charge in [-0.1, -0.05) is 17.7 Å². The molecule has 1 aromatic carbocycles. The van der Waals surface area contributed by atoms with Crippen LogP contribution in [0.5, 0.6) is 0 Å². The van der Waals surface area contributed by atoms with Gasteiger partial charge in [-0.25, -0.2) is 4.98 Å². The Hall–Kier alpha value is -2.05. The molecule has 84 valence electrons. The molecule has 1 N–H and O–H groups in total. The number of nitriles is 1. The van der Waals surface area contributed by atoms with Crippen molar-refractivity contribution in [1.82, 2.24) is 4.98 Å². The van der Waals surface area contributed by atoms with Crippen LogP contribution < -0.4 is 5.32 Å². The number of anilines is 2. The fraction of sp³-hybridized carbons (Fsp3) is 0.0769. The van der Waals surface area contributed by atoms with Crippen molar-refractivity contribution in [3.63, 3.8) is 0 Å². The van der Waals surface area contributed by atoms with E-state index in [0.717, 1.165) is 22.0 Å². The zero-order valence-corrected chi connectivity index (χ0v) is 9.99. The molecule has 0 aliphatic carbocycles. The molecule has 0 fully saturated rings. The van der Waals surface area contributed by atoms with Gasteiger partial charge >= 0.3 is 0 Å². The number of rotatable bonds is 2. The van der Waals surface area contributed by atoms with Crippen molar-refractivity contribution in [2.24, 2.45) is 0 Å². The molecule has 0 aliphatic rings. The molecule has 0 spiro atoms. The number of pyridine rings is 1. The Balaban J connectivity index is 2.20. The summed E-state index contributed by atoms with van der Waals surface area (Å²) in [6.45, 7) is 1.95. The Morgan fingerprint density at radius 2 is 2.00 bits per heavy atom. The molecule has 1 aromatic heterocycles. The molecule has 0 saturated heterocycles. The minimum absolute atomic E-state index is 0.400. The van der Waals surface area contributed by atoms with Crippen molar-refractivity contribution in [2.45, 2.75) is 6.92 Å². The number of aromatic nitrogens is 1. The summed E-state index contributed by atoms with van der Waals surface area (Å²) in [4.78, 5) is 3.98. The van der Waals surface area contributed by atoms with E-state index in [4.69, 9.17) is 16.9 Å². The third-order valence-electron chi connectivity index (χ3n) is 2.34. The van der Waals surface area contributed by atoms with Gasteiger partial charge < -0.3 is 5.32 Å². The third kappa shape index (κ3) is 2.74. The van der Waals surface area contributed by atoms with Crippen molar-refractivity contribution < 1.29 is 0 Å². The molecule has 0 radical (unpaired) electrons. The first kappa shape index (κ1) is 11.4. The van der Waals surface area contributed by atoms with E-state index >= 15 is 0 Å². The second kappa shape index (κ2) is 4.86. The topological polar surface area (TPSA) is 48.7 Å². The highest BCUT2D eigenvalue weighted by Gasteiger charge is 1.99. The van der Waals surface area contributed by atoms with Gasteiger partial charge in [0.15, 0.2) is 0 Å². The Labute approximate surface area is 105 Å². The Bertz CT molecular complexity index is 570. The van der Waals surface area contributed by atoms with E-state index in [0.29, 0.717) is 5.69 Å². The Morgan fingerprint density at radius 3 is 2.59 bits per heavy atom. The molecule has 0 bridgehead atoms. The SMILES string of the molecule is Cc1ccc(Nc2ccc(C#N)nc2)cc1Cl. The molecule has 17 heavy (non-hydrogen) atoms. The number of hydrogen-bond donors (Lipinski definition) is 1. The Kier molecular flexibility index (Phi) is 3.27. The van der Waals surface area contributed by atoms with Crippen molar-refractivity contribution in [3.05, 3.63) is 52.8 Å². The lowest BCUT2D eigenvalue weighted by Gasteiger charge is -2.07. The zero-order chi connectivity index (χ0) is 12.3. The summed E-state index contributed by atoms with van der Waals surface area (Å²) in [5, 5.41) is 12.5. The summed E-state index contributed by atoms with van der Waals surface area (Å²) >= 11 is 6.03. The first-order chi connectivity index (χ1) is 8.19. The molecule has 0 atom stereocenters. The molecular formula is C13H10ClN3. The van der Waals surface area contributed by atoms with Crippen LogP contribution in [0, 0.1) is 18.3 Å². The average molecular weight is 244 g/mol. The van der Waals surface area contributed by atoms with Gasteiger partial charge in [0.25, 0.3) is 0 Å². The van der Waals surface area contributed by atoms with Gasteiger partial charge in [0.2, 0.25) is 0 Å². The van der Waals surface area contributed by atoms with E-state index < -0.39 is 0 Å². The highest BCUT2D eigenvalue weighted by Crippen LogP contribution is 2.22. The number of nitrogens with one attached hydrogen (secondary N) is 1. The zero-order valence-electron chi connectivity index (χ0n) is 9.24. The molecule has 2 rings (SSSR count). The van der Waals surface area contributed by atoms with Crippen LogP contribution in [0.15, 0.2) is 36.5 Å². The fourth-order valence-corrected chi connectivity index (χ4v) is 1.55. The molecule has 4 heteroatoms. The largest absolute Gasteiger partial charge is 0.354 e. The molecule has 0 unspecified atom stereocenters. The number of aryl methyl sites for hydroxylation is 1. The summed E-state index contributed by atoms with van der Waals surface area (Å²) < 4.78 is 0. The normalized spacial score (nSPS) is 9.71. The highest BCUT2D eigenvalue weighted by atomic mass is 35.5. The van der Waals surface area contributed by atoms with E-state index in [1.54, 1.807) is 18.3 Å². The fourth-order valence-electron chi connectivity index (χ4n) is 1.37. The summed E-state index contributed by atoms with van der Waals surface area (Å²) in [7, 11) is 0. The predicted octanol–water partition coefficient (Wildman–Crippen LogP) is 3.66. The molecule has 3 nitrogen and oxygen atoms in total. The summed E-state index contributed by atoms with van der Waals surface area (Å²) in [5.41, 5.74) is 3.16. The van der Waals surface area contributed by atoms with Crippen molar-refractivity contribution in [1.29, 1.82) is 5.26 Å². The van der Waals surface area contributed by atoms with Gasteiger partial charge in [0.05, 0.1) is 11.9 Å². The van der Waals surface area contributed by atoms with Crippen molar-refractivity contribution >= 4 is 23.0 Å². The second-order valence-corrected chi connectivity index (χ2v) is 4.04. The van der Waals surface area contributed by atoms with Crippen LogP contribution in [0.1, 0.15) is 11.3 Å². The smallest absolute Gasteiger partial charge is 0.140 e. The van der Waals surface area contributed by atoms with Crippen LogP contribution in [-0.4, -0.2) is 4.98 Å². The van der Waals surface area contributed by atoms with E-state index in [-0.39, 0.29) is 0 Å². The van der Waals surface area contributed by atoms with Crippen LogP contribution in [0.4, 0.5) is 11.4 Å². The summed E-state index contributed by atoms with van der Waals surface area (Å²) in [5.74, 6) is 0. The molecule has 0 aliphatic heterocycles. The number of benzene rings is 1. The van der Waals surface area contributed by atoms with Gasteiger partial charge in [0, 0.05) is 10.7 Å². The van der Waals surface area contributed by atoms with E-state index in [9.17, 15) is 0 Å². The number of nitrogens with zero attached hydrogens (tertiary/aromatic N) is 2. The van der Waals surface area contributed by atoms with Crippen LogP contribution in [-0.2, 0) is 0 Å². The lowest BCUT2D eigenvalue weighted by Crippen LogP contribution is -1.92. The van der Waals surface area contributed by atoms with E-state index in [2.05, 4.69) is 10.3 Å². The van der Waals surface area contributed by atoms with Gasteiger partial charge in [-0.3, -0.25) is 0 Å². The average Bonchev–Trinajstić information content (AvgIpc) is 2.35. The second-order valence-electron chi connectivity index (χ2n) is 3.63. The van der Waals surface area contributed by atoms with E-state index in [1.807, 2.05) is 31.2 Å². The molecule has 0 saturated carbocycles.